The van der Waals surface area contributed by atoms with E-state index < -0.39 is 0 Å². The zero-order chi connectivity index (χ0) is 14.4. The van der Waals surface area contributed by atoms with Crippen molar-refractivity contribution < 1.29 is 4.74 Å². The molecule has 112 valence electrons. The summed E-state index contributed by atoms with van der Waals surface area (Å²) in [5.41, 5.74) is 3.23. The van der Waals surface area contributed by atoms with E-state index in [9.17, 15) is 0 Å². The van der Waals surface area contributed by atoms with E-state index in [1.807, 2.05) is 0 Å². The van der Waals surface area contributed by atoms with Crippen LogP contribution in [0.1, 0.15) is 57.2 Å². The molecule has 2 heteroatoms. The summed E-state index contributed by atoms with van der Waals surface area (Å²) in [6, 6.07) is 9.51. The van der Waals surface area contributed by atoms with Crippen LogP contribution in [0.4, 0.5) is 0 Å². The van der Waals surface area contributed by atoms with E-state index in [4.69, 9.17) is 4.74 Å². The molecule has 1 aliphatic heterocycles. The minimum atomic E-state index is 0.397. The number of ether oxygens (including phenoxy) is 1. The summed E-state index contributed by atoms with van der Waals surface area (Å²) in [4.78, 5) is 0. The molecule has 0 aliphatic carbocycles. The molecule has 0 radical (unpaired) electrons. The molecule has 2 rings (SSSR count). The maximum Gasteiger partial charge on any atom is 0.0471 e. The van der Waals surface area contributed by atoms with Crippen LogP contribution in [0.5, 0.6) is 0 Å². The van der Waals surface area contributed by atoms with E-state index in [0.717, 1.165) is 19.8 Å². The molecular formula is C18H29NO. The van der Waals surface area contributed by atoms with E-state index in [-0.39, 0.29) is 0 Å². The number of nitrogens with one attached hydrogen (secondary N) is 1. The Morgan fingerprint density at radius 2 is 1.85 bits per heavy atom. The van der Waals surface area contributed by atoms with Crippen molar-refractivity contribution in [3.8, 4) is 0 Å². The van der Waals surface area contributed by atoms with Crippen molar-refractivity contribution in [2.45, 2.75) is 52.5 Å². The van der Waals surface area contributed by atoms with Gasteiger partial charge in [-0.25, -0.2) is 0 Å². The molecule has 0 spiro atoms. The monoisotopic (exact) mass is 275 g/mol. The summed E-state index contributed by atoms with van der Waals surface area (Å²) >= 11 is 0. The van der Waals surface area contributed by atoms with Gasteiger partial charge in [0.15, 0.2) is 0 Å². The fourth-order valence-corrected chi connectivity index (χ4v) is 2.82. The number of rotatable bonds is 6. The van der Waals surface area contributed by atoms with Gasteiger partial charge in [0.25, 0.3) is 0 Å². The van der Waals surface area contributed by atoms with Crippen LogP contribution in [-0.4, -0.2) is 19.8 Å². The van der Waals surface area contributed by atoms with E-state index >= 15 is 0 Å². The van der Waals surface area contributed by atoms with Crippen LogP contribution in [0.15, 0.2) is 24.3 Å². The molecule has 1 aromatic carbocycles. The zero-order valence-electron chi connectivity index (χ0n) is 13.2. The zero-order valence-corrected chi connectivity index (χ0v) is 13.2. The van der Waals surface area contributed by atoms with Gasteiger partial charge in [-0.1, -0.05) is 44.5 Å². The molecule has 1 aromatic rings. The lowest BCUT2D eigenvalue weighted by molar-refractivity contribution is 0.0231. The topological polar surface area (TPSA) is 21.3 Å². The second-order valence-electron chi connectivity index (χ2n) is 6.52. The van der Waals surface area contributed by atoms with Gasteiger partial charge < -0.3 is 10.1 Å². The van der Waals surface area contributed by atoms with Crippen molar-refractivity contribution in [2.24, 2.45) is 5.41 Å². The normalized spacial score (nSPS) is 19.8. The van der Waals surface area contributed by atoms with Crippen molar-refractivity contribution in [1.29, 1.82) is 0 Å². The number of aryl methyl sites for hydroxylation is 1. The third kappa shape index (κ3) is 4.32. The fraction of sp³-hybridized carbons (Fsp3) is 0.667. The maximum atomic E-state index is 5.46. The molecule has 0 aromatic heterocycles. The summed E-state index contributed by atoms with van der Waals surface area (Å²) in [6.45, 7) is 9.77. The molecule has 1 aliphatic rings. The number of benzene rings is 1. The van der Waals surface area contributed by atoms with Gasteiger partial charge in [0, 0.05) is 25.8 Å². The summed E-state index contributed by atoms with van der Waals surface area (Å²) in [7, 11) is 0. The highest BCUT2D eigenvalue weighted by atomic mass is 16.5. The Morgan fingerprint density at radius 1 is 1.20 bits per heavy atom. The molecule has 1 atom stereocenters. The van der Waals surface area contributed by atoms with Gasteiger partial charge in [-0.05, 0) is 42.7 Å². The van der Waals surface area contributed by atoms with Crippen LogP contribution < -0.4 is 5.32 Å². The van der Waals surface area contributed by atoms with Gasteiger partial charge in [-0.2, -0.15) is 0 Å². The quantitative estimate of drug-likeness (QED) is 0.843. The van der Waals surface area contributed by atoms with Gasteiger partial charge >= 0.3 is 0 Å². The van der Waals surface area contributed by atoms with Gasteiger partial charge in [0.1, 0.15) is 0 Å². The van der Waals surface area contributed by atoms with Crippen LogP contribution in [0.25, 0.3) is 0 Å². The first-order chi connectivity index (χ1) is 9.63. The van der Waals surface area contributed by atoms with Gasteiger partial charge in [0.05, 0.1) is 0 Å². The first-order valence-corrected chi connectivity index (χ1v) is 8.03. The van der Waals surface area contributed by atoms with Gasteiger partial charge in [-0.3, -0.25) is 0 Å². The fourth-order valence-electron chi connectivity index (χ4n) is 2.82. The lowest BCUT2D eigenvalue weighted by Crippen LogP contribution is -2.37. The summed E-state index contributed by atoms with van der Waals surface area (Å²) in [5.74, 6) is 0. The largest absolute Gasteiger partial charge is 0.381 e. The van der Waals surface area contributed by atoms with E-state index in [0.29, 0.717) is 11.5 Å². The van der Waals surface area contributed by atoms with E-state index in [1.165, 1.54) is 36.8 Å². The van der Waals surface area contributed by atoms with Gasteiger partial charge in [-0.15, -0.1) is 0 Å². The third-order valence-corrected chi connectivity index (χ3v) is 4.55. The molecule has 0 amide bonds. The lowest BCUT2D eigenvalue weighted by atomic mass is 9.82. The number of hydrogen-bond donors (Lipinski definition) is 1. The van der Waals surface area contributed by atoms with Crippen molar-refractivity contribution in [3.05, 3.63) is 35.4 Å². The smallest absolute Gasteiger partial charge is 0.0471 e. The number of hydrogen-bond acceptors (Lipinski definition) is 2. The van der Waals surface area contributed by atoms with Crippen LogP contribution >= 0.6 is 0 Å². The SMILES string of the molecule is CCCc1ccc(C(C)NCC2(C)CCOCC2)cc1. The summed E-state index contributed by atoms with van der Waals surface area (Å²) < 4.78 is 5.46. The molecule has 1 fully saturated rings. The highest BCUT2D eigenvalue weighted by molar-refractivity contribution is 5.24. The average molecular weight is 275 g/mol. The first kappa shape index (κ1) is 15.5. The van der Waals surface area contributed by atoms with Crippen molar-refractivity contribution in [2.75, 3.05) is 19.8 Å². The predicted octanol–water partition coefficient (Wildman–Crippen LogP) is 4.11. The van der Waals surface area contributed by atoms with Crippen LogP contribution in [0, 0.1) is 5.41 Å². The molecule has 0 saturated carbocycles. The van der Waals surface area contributed by atoms with Gasteiger partial charge in [0.2, 0.25) is 0 Å². The van der Waals surface area contributed by atoms with E-state index in [2.05, 4.69) is 50.4 Å². The molecule has 1 N–H and O–H groups in total. The van der Waals surface area contributed by atoms with Crippen molar-refractivity contribution in [1.82, 2.24) is 5.32 Å². The highest BCUT2D eigenvalue weighted by Gasteiger charge is 2.27. The van der Waals surface area contributed by atoms with Crippen LogP contribution in [-0.2, 0) is 11.2 Å². The van der Waals surface area contributed by atoms with Crippen LogP contribution in [0.3, 0.4) is 0 Å². The molecule has 20 heavy (non-hydrogen) atoms. The molecule has 1 unspecified atom stereocenters. The van der Waals surface area contributed by atoms with Crippen LogP contribution in [0.2, 0.25) is 0 Å². The Kier molecular flexibility index (Phi) is 5.62. The Labute approximate surface area is 123 Å². The Balaban J connectivity index is 1.86. The second kappa shape index (κ2) is 7.24. The Morgan fingerprint density at radius 3 is 2.45 bits per heavy atom. The van der Waals surface area contributed by atoms with Crippen molar-refractivity contribution >= 4 is 0 Å². The minimum Gasteiger partial charge on any atom is -0.381 e. The van der Waals surface area contributed by atoms with E-state index in [1.54, 1.807) is 0 Å². The predicted molar refractivity (Wildman–Crippen MR) is 85.0 cm³/mol. The summed E-state index contributed by atoms with van der Waals surface area (Å²) in [6.07, 6.45) is 4.73. The summed E-state index contributed by atoms with van der Waals surface area (Å²) in [5, 5.41) is 3.71. The lowest BCUT2D eigenvalue weighted by Gasteiger charge is -2.34. The average Bonchev–Trinajstić information content (AvgIpc) is 2.47. The standard InChI is InChI=1S/C18H29NO/c1-4-5-16-6-8-17(9-7-16)15(2)19-14-18(3)10-12-20-13-11-18/h6-9,15,19H,4-5,10-14H2,1-3H3. The molecule has 1 heterocycles. The molecular weight excluding hydrogens is 246 g/mol. The maximum absolute atomic E-state index is 5.46. The minimum absolute atomic E-state index is 0.397. The van der Waals surface area contributed by atoms with Crippen molar-refractivity contribution in [3.63, 3.8) is 0 Å². The highest BCUT2D eigenvalue weighted by Crippen LogP contribution is 2.29. The molecule has 2 nitrogen and oxygen atoms in total. The second-order valence-corrected chi connectivity index (χ2v) is 6.52. The third-order valence-electron chi connectivity index (χ3n) is 4.55. The Bertz CT molecular complexity index is 392. The first-order valence-electron chi connectivity index (χ1n) is 8.03. The Hall–Kier alpha value is -0.860. The molecule has 0 bridgehead atoms. The molecule has 1 saturated heterocycles.